The molecule has 36 heavy (non-hydrogen) atoms. The van der Waals surface area contributed by atoms with E-state index >= 15 is 0 Å². The first-order valence-electron chi connectivity index (χ1n) is 11.9. The lowest BCUT2D eigenvalue weighted by Gasteiger charge is -2.26. The van der Waals surface area contributed by atoms with Crippen molar-refractivity contribution >= 4 is 17.6 Å². The highest BCUT2D eigenvalue weighted by Crippen LogP contribution is 2.28. The third-order valence-electron chi connectivity index (χ3n) is 5.89. The second-order valence-electron chi connectivity index (χ2n) is 10.0. The number of para-hydroxylation sites is 1. The second-order valence-corrected chi connectivity index (χ2v) is 10.0. The van der Waals surface area contributed by atoms with Crippen molar-refractivity contribution in [2.75, 3.05) is 26.1 Å². The van der Waals surface area contributed by atoms with E-state index in [1.165, 1.54) is 19.1 Å². The van der Waals surface area contributed by atoms with E-state index in [-0.39, 0.29) is 29.8 Å². The number of carbonyl (C=O) groups excluding carboxylic acids is 2. The van der Waals surface area contributed by atoms with Crippen LogP contribution in [0.4, 0.5) is 5.82 Å². The van der Waals surface area contributed by atoms with Gasteiger partial charge in [-0.15, -0.1) is 0 Å². The molecule has 192 valence electrons. The number of nitrogens with zero attached hydrogens (tertiary/aromatic N) is 3. The Kier molecular flexibility index (Phi) is 8.07. The summed E-state index contributed by atoms with van der Waals surface area (Å²) in [6.45, 7) is 11.8. The summed E-state index contributed by atoms with van der Waals surface area (Å²) in [5.74, 6) is 0.950. The van der Waals surface area contributed by atoms with Gasteiger partial charge in [0.2, 0.25) is 5.91 Å². The van der Waals surface area contributed by atoms with Crippen LogP contribution in [0, 0.1) is 6.92 Å². The summed E-state index contributed by atoms with van der Waals surface area (Å²) in [6, 6.07) is 14.5. The molecule has 2 amide bonds. The Bertz CT molecular complexity index is 1220. The first kappa shape index (κ1) is 26.8. The van der Waals surface area contributed by atoms with Crippen LogP contribution in [-0.2, 0) is 10.2 Å². The first-order valence-corrected chi connectivity index (χ1v) is 11.9. The van der Waals surface area contributed by atoms with E-state index in [2.05, 4.69) is 26.1 Å². The van der Waals surface area contributed by atoms with Crippen molar-refractivity contribution in [2.45, 2.75) is 53.0 Å². The smallest absolute Gasteiger partial charge is 0.254 e. The molecule has 0 aliphatic carbocycles. The van der Waals surface area contributed by atoms with Crippen molar-refractivity contribution in [3.63, 3.8) is 0 Å². The van der Waals surface area contributed by atoms with E-state index in [0.717, 1.165) is 16.9 Å². The predicted molar refractivity (Wildman–Crippen MR) is 141 cm³/mol. The average Bonchev–Trinajstić information content (AvgIpc) is 3.25. The van der Waals surface area contributed by atoms with E-state index in [1.807, 2.05) is 51.1 Å². The molecule has 2 aromatic carbocycles. The summed E-state index contributed by atoms with van der Waals surface area (Å²) in [6.07, 6.45) is 0. The maximum Gasteiger partial charge on any atom is 0.254 e. The standard InChI is InChI=1S/C28H36N4O4/c1-18(2)31(27(34)20-13-21(35-7)15-22(14-20)36-8)17-26(33)29-25-16-24(28(4,5)6)30-32(25)23-12-10-9-11-19(23)3/h9-16,18H,17H2,1-8H3,(H,29,33). The van der Waals surface area contributed by atoms with Crippen molar-refractivity contribution in [1.29, 1.82) is 0 Å². The Morgan fingerprint density at radius 2 is 1.64 bits per heavy atom. The third kappa shape index (κ3) is 6.05. The molecular weight excluding hydrogens is 456 g/mol. The molecule has 0 saturated carbocycles. The van der Waals surface area contributed by atoms with Crippen molar-refractivity contribution in [3.05, 3.63) is 65.4 Å². The number of nitrogens with one attached hydrogen (secondary N) is 1. The van der Waals surface area contributed by atoms with Gasteiger partial charge >= 0.3 is 0 Å². The molecule has 1 N–H and O–H groups in total. The lowest BCUT2D eigenvalue weighted by molar-refractivity contribution is -0.117. The fourth-order valence-corrected chi connectivity index (χ4v) is 3.74. The molecule has 0 aliphatic heterocycles. The number of ether oxygens (including phenoxy) is 2. The Labute approximate surface area is 213 Å². The molecule has 0 saturated heterocycles. The number of amides is 2. The Morgan fingerprint density at radius 1 is 1.03 bits per heavy atom. The molecule has 8 heteroatoms. The molecule has 0 spiro atoms. The summed E-state index contributed by atoms with van der Waals surface area (Å²) in [4.78, 5) is 28.2. The van der Waals surface area contributed by atoms with Gasteiger partial charge in [-0.1, -0.05) is 39.0 Å². The molecule has 1 heterocycles. The van der Waals surface area contributed by atoms with Gasteiger partial charge in [0.15, 0.2) is 0 Å². The zero-order chi connectivity index (χ0) is 26.6. The van der Waals surface area contributed by atoms with Crippen molar-refractivity contribution in [3.8, 4) is 17.2 Å². The van der Waals surface area contributed by atoms with Gasteiger partial charge in [0.1, 0.15) is 23.9 Å². The Morgan fingerprint density at radius 3 is 2.17 bits per heavy atom. The van der Waals surface area contributed by atoms with Crippen LogP contribution in [0.5, 0.6) is 11.5 Å². The fraction of sp³-hybridized carbons (Fsp3) is 0.393. The largest absolute Gasteiger partial charge is 0.497 e. The van der Waals surface area contributed by atoms with Crippen LogP contribution in [0.3, 0.4) is 0 Å². The summed E-state index contributed by atoms with van der Waals surface area (Å²) < 4.78 is 12.4. The summed E-state index contributed by atoms with van der Waals surface area (Å²) in [7, 11) is 3.06. The predicted octanol–water partition coefficient (Wildman–Crippen LogP) is 4.98. The van der Waals surface area contributed by atoms with E-state index < -0.39 is 0 Å². The molecular formula is C28H36N4O4. The molecule has 0 radical (unpaired) electrons. The number of rotatable bonds is 8. The summed E-state index contributed by atoms with van der Waals surface area (Å²) in [5.41, 5.74) is 2.93. The minimum Gasteiger partial charge on any atom is -0.497 e. The van der Waals surface area contributed by atoms with Crippen molar-refractivity contribution in [1.82, 2.24) is 14.7 Å². The summed E-state index contributed by atoms with van der Waals surface area (Å²) >= 11 is 0. The maximum absolute atomic E-state index is 13.4. The van der Waals surface area contributed by atoms with Crippen LogP contribution in [0.15, 0.2) is 48.5 Å². The molecule has 3 rings (SSSR count). The molecule has 3 aromatic rings. The zero-order valence-corrected chi connectivity index (χ0v) is 22.4. The third-order valence-corrected chi connectivity index (χ3v) is 5.89. The van der Waals surface area contributed by atoms with E-state index in [4.69, 9.17) is 14.6 Å². The molecule has 0 bridgehead atoms. The van der Waals surface area contributed by atoms with Gasteiger partial charge in [0.25, 0.3) is 5.91 Å². The van der Waals surface area contributed by atoms with Gasteiger partial charge < -0.3 is 19.7 Å². The van der Waals surface area contributed by atoms with E-state index in [1.54, 1.807) is 22.9 Å². The molecule has 0 aliphatic rings. The lowest BCUT2D eigenvalue weighted by atomic mass is 9.92. The molecule has 8 nitrogen and oxygen atoms in total. The number of methoxy groups -OCH3 is 2. The zero-order valence-electron chi connectivity index (χ0n) is 22.4. The monoisotopic (exact) mass is 492 g/mol. The van der Waals surface area contributed by atoms with Gasteiger partial charge in [0, 0.05) is 29.2 Å². The highest BCUT2D eigenvalue weighted by atomic mass is 16.5. The number of hydrogen-bond donors (Lipinski definition) is 1. The van der Waals surface area contributed by atoms with Crippen LogP contribution < -0.4 is 14.8 Å². The molecule has 0 atom stereocenters. The lowest BCUT2D eigenvalue weighted by Crippen LogP contribution is -2.42. The average molecular weight is 493 g/mol. The normalized spacial score (nSPS) is 11.4. The van der Waals surface area contributed by atoms with Crippen LogP contribution >= 0.6 is 0 Å². The minimum atomic E-state index is -0.317. The molecule has 0 fully saturated rings. The second kappa shape index (κ2) is 10.8. The van der Waals surface area contributed by atoms with Gasteiger partial charge in [-0.2, -0.15) is 5.10 Å². The number of benzene rings is 2. The van der Waals surface area contributed by atoms with Crippen LogP contribution in [-0.4, -0.2) is 53.3 Å². The first-order chi connectivity index (χ1) is 16.9. The van der Waals surface area contributed by atoms with Gasteiger partial charge in [-0.05, 0) is 44.5 Å². The van der Waals surface area contributed by atoms with Crippen LogP contribution in [0.1, 0.15) is 56.2 Å². The molecule has 0 unspecified atom stereocenters. The van der Waals surface area contributed by atoms with Crippen LogP contribution in [0.2, 0.25) is 0 Å². The van der Waals surface area contributed by atoms with Crippen molar-refractivity contribution < 1.29 is 19.1 Å². The van der Waals surface area contributed by atoms with E-state index in [9.17, 15) is 9.59 Å². The topological polar surface area (TPSA) is 85.7 Å². The van der Waals surface area contributed by atoms with Crippen molar-refractivity contribution in [2.24, 2.45) is 0 Å². The fourth-order valence-electron chi connectivity index (χ4n) is 3.74. The van der Waals surface area contributed by atoms with Crippen LogP contribution in [0.25, 0.3) is 5.69 Å². The van der Waals surface area contributed by atoms with E-state index in [0.29, 0.717) is 22.9 Å². The van der Waals surface area contributed by atoms with Gasteiger partial charge in [-0.25, -0.2) is 4.68 Å². The number of carbonyl (C=O) groups is 2. The number of anilines is 1. The Balaban J connectivity index is 1.90. The van der Waals surface area contributed by atoms with Gasteiger partial charge in [0.05, 0.1) is 25.6 Å². The minimum absolute atomic E-state index is 0.125. The Hall–Kier alpha value is -3.81. The number of aryl methyl sites for hydroxylation is 1. The highest BCUT2D eigenvalue weighted by molar-refractivity contribution is 6.00. The van der Waals surface area contributed by atoms with Gasteiger partial charge in [-0.3, -0.25) is 9.59 Å². The quantitative estimate of drug-likeness (QED) is 0.479. The SMILES string of the molecule is COc1cc(OC)cc(C(=O)N(CC(=O)Nc2cc(C(C)(C)C)nn2-c2ccccc2C)C(C)C)c1. The number of hydrogen-bond acceptors (Lipinski definition) is 5. The highest BCUT2D eigenvalue weighted by Gasteiger charge is 2.25. The maximum atomic E-state index is 13.4. The number of aromatic nitrogens is 2. The summed E-state index contributed by atoms with van der Waals surface area (Å²) in [5, 5.41) is 7.78. The molecule has 1 aromatic heterocycles.